The number of benzene rings is 2. The Morgan fingerprint density at radius 2 is 1.93 bits per heavy atom. The van der Waals surface area contributed by atoms with Gasteiger partial charge in [0.1, 0.15) is 0 Å². The van der Waals surface area contributed by atoms with Crippen LogP contribution in [0.5, 0.6) is 5.75 Å². The van der Waals surface area contributed by atoms with E-state index in [1.807, 2.05) is 18.2 Å². The van der Waals surface area contributed by atoms with Gasteiger partial charge in [0.15, 0.2) is 17.7 Å². The van der Waals surface area contributed by atoms with E-state index in [1.165, 1.54) is 37.3 Å². The number of nitrogens with one attached hydrogen (secondary N) is 1. The van der Waals surface area contributed by atoms with Crippen molar-refractivity contribution in [1.82, 2.24) is 0 Å². The van der Waals surface area contributed by atoms with Gasteiger partial charge in [0.25, 0.3) is 5.91 Å². The molecule has 0 aliphatic heterocycles. The van der Waals surface area contributed by atoms with E-state index in [0.29, 0.717) is 11.3 Å². The fraction of sp³-hybridized carbons (Fsp3) is 0.333. The zero-order chi connectivity index (χ0) is 19.4. The molecule has 3 rings (SSSR count). The maximum Gasteiger partial charge on any atom is 0.311 e. The molecule has 0 aromatic heterocycles. The summed E-state index contributed by atoms with van der Waals surface area (Å²) in [6.45, 7) is 1.51. The lowest BCUT2D eigenvalue weighted by molar-refractivity contribution is -0.152. The second-order valence-corrected chi connectivity index (χ2v) is 6.60. The quantitative estimate of drug-likeness (QED) is 0.790. The van der Waals surface area contributed by atoms with Crippen molar-refractivity contribution in [2.75, 3.05) is 12.4 Å². The van der Waals surface area contributed by atoms with Crippen LogP contribution in [0.4, 0.5) is 10.1 Å². The summed E-state index contributed by atoms with van der Waals surface area (Å²) < 4.78 is 23.7. The van der Waals surface area contributed by atoms with Crippen LogP contribution in [0.3, 0.4) is 0 Å². The fourth-order valence-corrected chi connectivity index (χ4v) is 3.17. The lowest BCUT2D eigenvalue weighted by Crippen LogP contribution is -2.30. The molecule has 142 valence electrons. The van der Waals surface area contributed by atoms with Gasteiger partial charge in [-0.15, -0.1) is 0 Å². The molecular weight excluding hydrogens is 349 g/mol. The minimum absolute atomic E-state index is 0.106. The molecule has 1 atom stereocenters. The predicted octanol–water partition coefficient (Wildman–Crippen LogP) is 3.44. The highest BCUT2D eigenvalue weighted by Crippen LogP contribution is 2.25. The second kappa shape index (κ2) is 8.20. The summed E-state index contributed by atoms with van der Waals surface area (Å²) in [5.41, 5.74) is 3.71. The first kappa shape index (κ1) is 18.9. The highest BCUT2D eigenvalue weighted by molar-refractivity contribution is 5.95. The molecule has 1 N–H and O–H groups in total. The van der Waals surface area contributed by atoms with E-state index in [-0.39, 0.29) is 12.2 Å². The van der Waals surface area contributed by atoms with Crippen molar-refractivity contribution in [2.45, 2.75) is 38.7 Å². The third-order valence-corrected chi connectivity index (χ3v) is 4.61. The molecule has 0 spiro atoms. The maximum absolute atomic E-state index is 13.7. The third-order valence-electron chi connectivity index (χ3n) is 4.61. The molecule has 0 bridgehead atoms. The Morgan fingerprint density at radius 1 is 1.15 bits per heavy atom. The monoisotopic (exact) mass is 371 g/mol. The van der Waals surface area contributed by atoms with Gasteiger partial charge in [0.2, 0.25) is 0 Å². The molecule has 1 aliphatic carbocycles. The Kier molecular flexibility index (Phi) is 5.74. The molecular formula is C21H22FNO4. The van der Waals surface area contributed by atoms with Gasteiger partial charge in [0, 0.05) is 5.69 Å². The average Bonchev–Trinajstić information content (AvgIpc) is 3.09. The number of esters is 1. The number of ether oxygens (including phenoxy) is 2. The van der Waals surface area contributed by atoms with Crippen LogP contribution in [0.1, 0.15) is 30.0 Å². The molecule has 0 radical (unpaired) electrons. The van der Waals surface area contributed by atoms with Crippen molar-refractivity contribution in [1.29, 1.82) is 0 Å². The number of fused-ring (bicyclic) bond motifs is 1. The number of hydrogen-bond donors (Lipinski definition) is 1. The van der Waals surface area contributed by atoms with Crippen LogP contribution < -0.4 is 10.1 Å². The van der Waals surface area contributed by atoms with E-state index in [9.17, 15) is 14.0 Å². The van der Waals surface area contributed by atoms with E-state index >= 15 is 0 Å². The number of rotatable bonds is 6. The Bertz CT molecular complexity index is 865. The molecule has 2 aromatic carbocycles. The molecule has 5 nitrogen and oxygen atoms in total. The van der Waals surface area contributed by atoms with E-state index < -0.39 is 23.8 Å². The van der Waals surface area contributed by atoms with Crippen LogP contribution in [0.25, 0.3) is 0 Å². The van der Waals surface area contributed by atoms with E-state index in [4.69, 9.17) is 9.47 Å². The number of halogens is 1. The summed E-state index contributed by atoms with van der Waals surface area (Å²) >= 11 is 0. The van der Waals surface area contributed by atoms with Crippen molar-refractivity contribution in [3.05, 3.63) is 58.9 Å². The normalized spacial score (nSPS) is 13.6. The highest BCUT2D eigenvalue weighted by atomic mass is 19.1. The molecule has 2 aromatic rings. The molecule has 27 heavy (non-hydrogen) atoms. The van der Waals surface area contributed by atoms with Crippen molar-refractivity contribution >= 4 is 17.6 Å². The summed E-state index contributed by atoms with van der Waals surface area (Å²) in [4.78, 5) is 24.3. The first-order chi connectivity index (χ1) is 13.0. The summed E-state index contributed by atoms with van der Waals surface area (Å²) in [5.74, 6) is -1.45. The zero-order valence-corrected chi connectivity index (χ0v) is 15.4. The minimum atomic E-state index is -0.950. The summed E-state index contributed by atoms with van der Waals surface area (Å²) in [7, 11) is 1.37. The second-order valence-electron chi connectivity index (χ2n) is 6.60. The Morgan fingerprint density at radius 3 is 2.67 bits per heavy atom. The van der Waals surface area contributed by atoms with Gasteiger partial charge in [-0.05, 0) is 67.1 Å². The third kappa shape index (κ3) is 4.64. The number of carbonyl (C=O) groups excluding carboxylic acids is 2. The van der Waals surface area contributed by atoms with Gasteiger partial charge in [-0.3, -0.25) is 9.59 Å². The first-order valence-electron chi connectivity index (χ1n) is 8.91. The van der Waals surface area contributed by atoms with Crippen molar-refractivity contribution < 1.29 is 23.5 Å². The minimum Gasteiger partial charge on any atom is -0.494 e. The van der Waals surface area contributed by atoms with Crippen LogP contribution in [0, 0.1) is 5.82 Å². The first-order valence-corrected chi connectivity index (χ1v) is 8.91. The fourth-order valence-electron chi connectivity index (χ4n) is 3.17. The molecule has 0 saturated heterocycles. The molecule has 0 heterocycles. The van der Waals surface area contributed by atoms with Gasteiger partial charge >= 0.3 is 5.97 Å². The number of anilines is 1. The van der Waals surface area contributed by atoms with Crippen LogP contribution in [0.15, 0.2) is 36.4 Å². The molecule has 0 saturated carbocycles. The van der Waals surface area contributed by atoms with Gasteiger partial charge in [0.05, 0.1) is 13.5 Å². The summed E-state index contributed by atoms with van der Waals surface area (Å²) in [6, 6.07) is 10.1. The van der Waals surface area contributed by atoms with E-state index in [0.717, 1.165) is 19.3 Å². The molecule has 0 unspecified atom stereocenters. The SMILES string of the molecule is COc1ccc(CC(=O)O[C@H](C)C(=O)Nc2ccc3c(c2)CCC3)cc1F. The van der Waals surface area contributed by atoms with Crippen LogP contribution in [-0.2, 0) is 33.6 Å². The molecule has 1 aliphatic rings. The zero-order valence-electron chi connectivity index (χ0n) is 15.4. The summed E-state index contributed by atoms with van der Waals surface area (Å²) in [5, 5.41) is 2.77. The Hall–Kier alpha value is -2.89. The lowest BCUT2D eigenvalue weighted by atomic mass is 10.1. The molecule has 1 amide bonds. The predicted molar refractivity (Wildman–Crippen MR) is 99.3 cm³/mol. The van der Waals surface area contributed by atoms with Crippen molar-refractivity contribution in [3.8, 4) is 5.75 Å². The topological polar surface area (TPSA) is 64.6 Å². The van der Waals surface area contributed by atoms with Crippen LogP contribution in [0.2, 0.25) is 0 Å². The number of hydrogen-bond acceptors (Lipinski definition) is 4. The van der Waals surface area contributed by atoms with Crippen molar-refractivity contribution in [3.63, 3.8) is 0 Å². The molecule has 0 fully saturated rings. The smallest absolute Gasteiger partial charge is 0.311 e. The number of methoxy groups -OCH3 is 1. The van der Waals surface area contributed by atoms with Crippen molar-refractivity contribution in [2.24, 2.45) is 0 Å². The van der Waals surface area contributed by atoms with E-state index in [1.54, 1.807) is 6.07 Å². The lowest BCUT2D eigenvalue weighted by Gasteiger charge is -2.14. The number of aryl methyl sites for hydroxylation is 2. The number of amides is 1. The van der Waals surface area contributed by atoms with E-state index in [2.05, 4.69) is 5.32 Å². The molecule has 6 heteroatoms. The largest absolute Gasteiger partial charge is 0.494 e. The van der Waals surface area contributed by atoms with Gasteiger partial charge in [-0.1, -0.05) is 12.1 Å². The summed E-state index contributed by atoms with van der Waals surface area (Å²) in [6.07, 6.45) is 2.14. The highest BCUT2D eigenvalue weighted by Gasteiger charge is 2.19. The maximum atomic E-state index is 13.7. The van der Waals surface area contributed by atoms with Gasteiger partial charge in [-0.2, -0.15) is 0 Å². The Labute approximate surface area is 157 Å². The standard InChI is InChI=1S/C21H22FNO4/c1-13(21(25)23-17-8-7-15-4-3-5-16(15)12-17)27-20(24)11-14-6-9-19(26-2)18(22)10-14/h6-10,12-13H,3-5,11H2,1-2H3,(H,23,25)/t13-/m1/s1. The van der Waals surface area contributed by atoms with Crippen LogP contribution in [-0.4, -0.2) is 25.1 Å². The van der Waals surface area contributed by atoms with Crippen LogP contribution >= 0.6 is 0 Å². The number of carbonyl (C=O) groups is 2. The van der Waals surface area contributed by atoms with Gasteiger partial charge < -0.3 is 14.8 Å². The Balaban J connectivity index is 1.54. The average molecular weight is 371 g/mol. The van der Waals surface area contributed by atoms with Gasteiger partial charge in [-0.25, -0.2) is 4.39 Å².